The second-order valence-electron chi connectivity index (χ2n) is 6.09. The lowest BCUT2D eigenvalue weighted by Gasteiger charge is -2.09. The first-order valence-corrected chi connectivity index (χ1v) is 9.70. The lowest BCUT2D eigenvalue weighted by molar-refractivity contribution is 0.414. The van der Waals surface area contributed by atoms with Gasteiger partial charge in [-0.2, -0.15) is 0 Å². The number of nitrogens with one attached hydrogen (secondary N) is 2. The smallest absolute Gasteiger partial charge is 0.263 e. The maximum atomic E-state index is 12.4. The Labute approximate surface area is 158 Å². The summed E-state index contributed by atoms with van der Waals surface area (Å²) in [6, 6.07) is 15.4. The monoisotopic (exact) mass is 384 g/mol. The Morgan fingerprint density at radius 1 is 0.852 bits per heavy atom. The van der Waals surface area contributed by atoms with Gasteiger partial charge in [-0.05, 0) is 73.5 Å². The van der Waals surface area contributed by atoms with Gasteiger partial charge in [0.2, 0.25) is 0 Å². The van der Waals surface area contributed by atoms with Crippen molar-refractivity contribution in [2.75, 3.05) is 17.1 Å². The summed E-state index contributed by atoms with van der Waals surface area (Å²) >= 11 is 0. The highest BCUT2D eigenvalue weighted by Gasteiger charge is 2.15. The van der Waals surface area contributed by atoms with E-state index in [0.29, 0.717) is 11.6 Å². The molecule has 1 heterocycles. The van der Waals surface area contributed by atoms with Gasteiger partial charge in [-0.25, -0.2) is 8.42 Å². The third-order valence-corrected chi connectivity index (χ3v) is 5.14. The molecule has 8 heteroatoms. The highest BCUT2D eigenvalue weighted by Crippen LogP contribution is 2.20. The van der Waals surface area contributed by atoms with Crippen LogP contribution in [0.2, 0.25) is 0 Å². The highest BCUT2D eigenvalue weighted by atomic mass is 32.2. The van der Waals surface area contributed by atoms with E-state index in [1.54, 1.807) is 24.3 Å². The van der Waals surface area contributed by atoms with Crippen molar-refractivity contribution in [1.82, 2.24) is 10.2 Å². The molecule has 2 N–H and O–H groups in total. The van der Waals surface area contributed by atoms with Crippen molar-refractivity contribution >= 4 is 27.3 Å². The summed E-state index contributed by atoms with van der Waals surface area (Å²) in [6.45, 7) is 4.03. The molecule has 27 heavy (non-hydrogen) atoms. The molecule has 0 aliphatic carbocycles. The highest BCUT2D eigenvalue weighted by molar-refractivity contribution is 7.92. The third-order valence-electron chi connectivity index (χ3n) is 3.77. The summed E-state index contributed by atoms with van der Waals surface area (Å²) in [4.78, 5) is 0.113. The molecule has 0 unspecified atom stereocenters. The average Bonchev–Trinajstić information content (AvgIpc) is 2.62. The Kier molecular flexibility index (Phi) is 5.27. The fourth-order valence-electron chi connectivity index (χ4n) is 2.60. The minimum Gasteiger partial charge on any atom is -0.497 e. The van der Waals surface area contributed by atoms with Crippen LogP contribution in [0, 0.1) is 13.8 Å². The zero-order valence-corrected chi connectivity index (χ0v) is 16.0. The van der Waals surface area contributed by atoms with Gasteiger partial charge in [0.15, 0.2) is 11.6 Å². The minimum absolute atomic E-state index is 0.113. The van der Waals surface area contributed by atoms with Crippen molar-refractivity contribution < 1.29 is 13.2 Å². The van der Waals surface area contributed by atoms with Gasteiger partial charge in [0.05, 0.1) is 12.0 Å². The maximum absolute atomic E-state index is 12.4. The summed E-state index contributed by atoms with van der Waals surface area (Å²) < 4.78 is 32.3. The third kappa shape index (κ3) is 4.73. The molecular weight excluding hydrogens is 364 g/mol. The molecule has 0 atom stereocenters. The van der Waals surface area contributed by atoms with Crippen LogP contribution in [0.15, 0.2) is 59.5 Å². The molecular formula is C19H20N4O3S. The predicted molar refractivity (Wildman–Crippen MR) is 105 cm³/mol. The molecule has 140 valence electrons. The molecule has 0 fully saturated rings. The molecule has 0 amide bonds. The topological polar surface area (TPSA) is 93.2 Å². The van der Waals surface area contributed by atoms with E-state index in [4.69, 9.17) is 4.74 Å². The first-order valence-electron chi connectivity index (χ1n) is 8.22. The van der Waals surface area contributed by atoms with E-state index in [9.17, 15) is 8.42 Å². The zero-order chi connectivity index (χ0) is 19.4. The van der Waals surface area contributed by atoms with E-state index in [2.05, 4.69) is 26.3 Å². The predicted octanol–water partition coefficient (Wildman–Crippen LogP) is 3.65. The lowest BCUT2D eigenvalue weighted by atomic mass is 10.1. The van der Waals surface area contributed by atoms with Crippen LogP contribution in [-0.4, -0.2) is 25.7 Å². The second-order valence-corrected chi connectivity index (χ2v) is 7.77. The van der Waals surface area contributed by atoms with Crippen LogP contribution < -0.4 is 14.8 Å². The standard InChI is InChI=1S/C19H20N4O3S/c1-13-10-14(2)12-15(11-13)20-18-8-9-19(22-21-18)23-27(24,25)17-6-4-16(26-3)5-7-17/h4-12H,1-3H3,(H,20,21)(H,22,23). The molecule has 3 rings (SSSR count). The number of rotatable bonds is 6. The van der Waals surface area contributed by atoms with E-state index < -0.39 is 10.0 Å². The zero-order valence-electron chi connectivity index (χ0n) is 15.2. The number of ether oxygens (including phenoxy) is 1. The Balaban J connectivity index is 1.72. The van der Waals surface area contributed by atoms with Crippen LogP contribution >= 0.6 is 0 Å². The van der Waals surface area contributed by atoms with Crippen molar-refractivity contribution in [3.63, 3.8) is 0 Å². The molecule has 0 saturated heterocycles. The first-order chi connectivity index (χ1) is 12.9. The van der Waals surface area contributed by atoms with Crippen LogP contribution in [0.1, 0.15) is 11.1 Å². The van der Waals surface area contributed by atoms with Gasteiger partial charge in [-0.15, -0.1) is 10.2 Å². The van der Waals surface area contributed by atoms with Crippen molar-refractivity contribution in [3.8, 4) is 5.75 Å². The fraction of sp³-hybridized carbons (Fsp3) is 0.158. The van der Waals surface area contributed by atoms with E-state index in [1.807, 2.05) is 26.0 Å². The summed E-state index contributed by atoms with van der Waals surface area (Å²) in [5.41, 5.74) is 3.16. The van der Waals surface area contributed by atoms with Crippen molar-refractivity contribution in [1.29, 1.82) is 0 Å². The van der Waals surface area contributed by atoms with Gasteiger partial charge in [-0.3, -0.25) is 4.72 Å². The van der Waals surface area contributed by atoms with Gasteiger partial charge >= 0.3 is 0 Å². The molecule has 0 bridgehead atoms. The number of benzene rings is 2. The van der Waals surface area contributed by atoms with Crippen LogP contribution in [0.4, 0.5) is 17.3 Å². The fourth-order valence-corrected chi connectivity index (χ4v) is 3.60. The van der Waals surface area contributed by atoms with Gasteiger partial charge in [0, 0.05) is 5.69 Å². The molecule has 3 aromatic rings. The second kappa shape index (κ2) is 7.63. The van der Waals surface area contributed by atoms with Crippen molar-refractivity contribution in [2.45, 2.75) is 18.7 Å². The average molecular weight is 384 g/mol. The summed E-state index contributed by atoms with van der Waals surface area (Å²) in [5, 5.41) is 11.1. The van der Waals surface area contributed by atoms with Crippen molar-refractivity contribution in [2.24, 2.45) is 0 Å². The molecule has 0 radical (unpaired) electrons. The SMILES string of the molecule is COc1ccc(S(=O)(=O)Nc2ccc(Nc3cc(C)cc(C)c3)nn2)cc1. The molecule has 2 aromatic carbocycles. The Morgan fingerprint density at radius 2 is 1.44 bits per heavy atom. The summed E-state index contributed by atoms with van der Waals surface area (Å²) in [7, 11) is -2.23. The molecule has 0 aliphatic rings. The van der Waals surface area contributed by atoms with Crippen LogP contribution in [0.5, 0.6) is 5.75 Å². The maximum Gasteiger partial charge on any atom is 0.263 e. The van der Waals surface area contributed by atoms with Crippen LogP contribution in [0.25, 0.3) is 0 Å². The summed E-state index contributed by atoms with van der Waals surface area (Å²) in [6.07, 6.45) is 0. The Hall–Kier alpha value is -3.13. The quantitative estimate of drug-likeness (QED) is 0.674. The number of aryl methyl sites for hydroxylation is 2. The lowest BCUT2D eigenvalue weighted by Crippen LogP contribution is -2.14. The van der Waals surface area contributed by atoms with E-state index in [0.717, 1.165) is 16.8 Å². The Morgan fingerprint density at radius 3 is 2.00 bits per heavy atom. The molecule has 0 saturated carbocycles. The summed E-state index contributed by atoms with van der Waals surface area (Å²) in [5.74, 6) is 1.24. The van der Waals surface area contributed by atoms with E-state index >= 15 is 0 Å². The van der Waals surface area contributed by atoms with Crippen molar-refractivity contribution in [3.05, 3.63) is 65.7 Å². The molecule has 1 aromatic heterocycles. The number of anilines is 3. The first kappa shape index (κ1) is 18.7. The van der Waals surface area contributed by atoms with Gasteiger partial charge in [0.25, 0.3) is 10.0 Å². The molecule has 0 aliphatic heterocycles. The number of hydrogen-bond donors (Lipinski definition) is 2. The minimum atomic E-state index is -3.75. The number of nitrogens with zero attached hydrogens (tertiary/aromatic N) is 2. The van der Waals surface area contributed by atoms with Crippen LogP contribution in [-0.2, 0) is 10.0 Å². The molecule has 0 spiro atoms. The molecule has 7 nitrogen and oxygen atoms in total. The number of sulfonamides is 1. The normalized spacial score (nSPS) is 11.1. The van der Waals surface area contributed by atoms with E-state index in [-0.39, 0.29) is 10.7 Å². The van der Waals surface area contributed by atoms with Gasteiger partial charge < -0.3 is 10.1 Å². The Bertz CT molecular complexity index is 1010. The number of hydrogen-bond acceptors (Lipinski definition) is 6. The van der Waals surface area contributed by atoms with Crippen LogP contribution in [0.3, 0.4) is 0 Å². The van der Waals surface area contributed by atoms with Gasteiger partial charge in [0.1, 0.15) is 5.75 Å². The number of aromatic nitrogens is 2. The van der Waals surface area contributed by atoms with Gasteiger partial charge in [-0.1, -0.05) is 6.07 Å². The number of methoxy groups -OCH3 is 1. The van der Waals surface area contributed by atoms with E-state index in [1.165, 1.54) is 19.2 Å². The largest absolute Gasteiger partial charge is 0.497 e.